The third-order valence-corrected chi connectivity index (χ3v) is 3.21. The fourth-order valence-corrected chi connectivity index (χ4v) is 2.16. The lowest BCUT2D eigenvalue weighted by molar-refractivity contribution is 0.452. The Hall–Kier alpha value is -0.780. The van der Waals surface area contributed by atoms with Crippen LogP contribution in [0.4, 0.5) is 0 Å². The molecule has 0 aromatic carbocycles. The largest absolute Gasteiger partial charge is 0.0841 e. The van der Waals surface area contributed by atoms with Gasteiger partial charge in [-0.15, -0.1) is 0 Å². The quantitative estimate of drug-likeness (QED) is 0.529. The molecule has 0 heteroatoms. The van der Waals surface area contributed by atoms with Crippen LogP contribution < -0.4 is 0 Å². The van der Waals surface area contributed by atoms with Crippen LogP contribution in [0.25, 0.3) is 0 Å². The van der Waals surface area contributed by atoms with Gasteiger partial charge in [-0.3, -0.25) is 0 Å². The van der Waals surface area contributed by atoms with Crippen molar-refractivity contribution in [2.24, 2.45) is 11.8 Å². The van der Waals surface area contributed by atoms with E-state index in [2.05, 4.69) is 38.2 Å². The minimum atomic E-state index is 0.783. The summed E-state index contributed by atoms with van der Waals surface area (Å²) in [6, 6.07) is 0. The van der Waals surface area contributed by atoms with Crippen molar-refractivity contribution in [3.63, 3.8) is 0 Å². The highest BCUT2D eigenvalue weighted by molar-refractivity contribution is 5.36. The van der Waals surface area contributed by atoms with Crippen LogP contribution in [0.2, 0.25) is 0 Å². The summed E-state index contributed by atoms with van der Waals surface area (Å²) in [5.74, 6) is 1.57. The summed E-state index contributed by atoms with van der Waals surface area (Å²) in [5.41, 5.74) is 3.27. The monoisotopic (exact) mass is 174 g/mol. The Morgan fingerprint density at radius 2 is 2.00 bits per heavy atom. The molecule has 0 nitrogen and oxygen atoms in total. The second-order valence-electron chi connectivity index (χ2n) is 4.48. The summed E-state index contributed by atoms with van der Waals surface area (Å²) in [5, 5.41) is 0. The molecule has 0 fully saturated rings. The smallest absolute Gasteiger partial charge is 0.00978 e. The molecule has 2 aliphatic rings. The molecule has 0 N–H and O–H groups in total. The highest BCUT2D eigenvalue weighted by Crippen LogP contribution is 2.33. The van der Waals surface area contributed by atoms with Gasteiger partial charge in [0.2, 0.25) is 0 Å². The third-order valence-electron chi connectivity index (χ3n) is 3.21. The first-order valence-electron chi connectivity index (χ1n) is 5.31. The highest BCUT2D eigenvalue weighted by Gasteiger charge is 2.18. The van der Waals surface area contributed by atoms with Gasteiger partial charge in [-0.2, -0.15) is 0 Å². The van der Waals surface area contributed by atoms with Gasteiger partial charge in [0, 0.05) is 0 Å². The normalized spacial score (nSPS) is 26.8. The lowest BCUT2D eigenvalue weighted by Crippen LogP contribution is -2.12. The van der Waals surface area contributed by atoms with E-state index in [1.54, 1.807) is 11.1 Å². The predicted octanol–water partition coefficient (Wildman–Crippen LogP) is 3.87. The van der Waals surface area contributed by atoms with Crippen molar-refractivity contribution >= 4 is 0 Å². The van der Waals surface area contributed by atoms with E-state index in [0.717, 1.165) is 18.3 Å². The lowest BCUT2D eigenvalue weighted by atomic mass is 9.80. The molecule has 2 aliphatic carbocycles. The SMILES string of the molecule is CC(C)C1C=CC2=C(CC=CC2)C1. The Morgan fingerprint density at radius 1 is 1.23 bits per heavy atom. The zero-order valence-corrected chi connectivity index (χ0v) is 8.59. The van der Waals surface area contributed by atoms with Crippen molar-refractivity contribution in [2.45, 2.75) is 33.1 Å². The van der Waals surface area contributed by atoms with E-state index >= 15 is 0 Å². The molecular formula is C13H18. The Morgan fingerprint density at radius 3 is 2.77 bits per heavy atom. The molecule has 0 spiro atoms. The van der Waals surface area contributed by atoms with Crippen LogP contribution >= 0.6 is 0 Å². The van der Waals surface area contributed by atoms with Crippen LogP contribution in [0.15, 0.2) is 35.5 Å². The molecule has 0 aromatic rings. The summed E-state index contributed by atoms with van der Waals surface area (Å²) in [4.78, 5) is 0. The van der Waals surface area contributed by atoms with Crippen LogP contribution in [0.3, 0.4) is 0 Å². The summed E-state index contributed by atoms with van der Waals surface area (Å²) < 4.78 is 0. The van der Waals surface area contributed by atoms with E-state index in [0.29, 0.717) is 0 Å². The second-order valence-corrected chi connectivity index (χ2v) is 4.48. The fourth-order valence-electron chi connectivity index (χ4n) is 2.16. The zero-order valence-electron chi connectivity index (χ0n) is 8.59. The number of rotatable bonds is 1. The van der Waals surface area contributed by atoms with Crippen LogP contribution in [0, 0.1) is 11.8 Å². The van der Waals surface area contributed by atoms with Crippen molar-refractivity contribution in [3.8, 4) is 0 Å². The molecule has 0 radical (unpaired) electrons. The Bertz CT molecular complexity index is 276. The van der Waals surface area contributed by atoms with Gasteiger partial charge >= 0.3 is 0 Å². The van der Waals surface area contributed by atoms with Crippen LogP contribution in [-0.2, 0) is 0 Å². The average molecular weight is 174 g/mol. The number of hydrogen-bond donors (Lipinski definition) is 0. The summed E-state index contributed by atoms with van der Waals surface area (Å²) in [6.07, 6.45) is 13.0. The third kappa shape index (κ3) is 1.77. The maximum absolute atomic E-state index is 2.41. The van der Waals surface area contributed by atoms with Gasteiger partial charge in [-0.25, -0.2) is 0 Å². The average Bonchev–Trinajstić information content (AvgIpc) is 2.17. The minimum absolute atomic E-state index is 0.783. The van der Waals surface area contributed by atoms with Gasteiger partial charge in [0.05, 0.1) is 0 Å². The molecule has 0 aliphatic heterocycles. The van der Waals surface area contributed by atoms with E-state index in [-0.39, 0.29) is 0 Å². The van der Waals surface area contributed by atoms with Gasteiger partial charge in [0.15, 0.2) is 0 Å². The first kappa shape index (κ1) is 8.80. The van der Waals surface area contributed by atoms with E-state index in [4.69, 9.17) is 0 Å². The van der Waals surface area contributed by atoms with Crippen molar-refractivity contribution in [2.75, 3.05) is 0 Å². The molecule has 70 valence electrons. The molecule has 13 heavy (non-hydrogen) atoms. The first-order valence-corrected chi connectivity index (χ1v) is 5.31. The van der Waals surface area contributed by atoms with Gasteiger partial charge in [0.25, 0.3) is 0 Å². The molecule has 0 amide bonds. The Balaban J connectivity index is 2.12. The van der Waals surface area contributed by atoms with Crippen LogP contribution in [-0.4, -0.2) is 0 Å². The van der Waals surface area contributed by atoms with E-state index in [1.807, 2.05) is 0 Å². The maximum atomic E-state index is 2.41. The van der Waals surface area contributed by atoms with Gasteiger partial charge < -0.3 is 0 Å². The van der Waals surface area contributed by atoms with E-state index in [1.165, 1.54) is 12.8 Å². The zero-order chi connectivity index (χ0) is 9.26. The molecule has 2 rings (SSSR count). The molecule has 1 atom stereocenters. The topological polar surface area (TPSA) is 0 Å². The first-order chi connectivity index (χ1) is 6.27. The molecule has 1 unspecified atom stereocenters. The standard InChI is InChI=1S/C13H18/c1-10(2)12-8-7-11-5-3-4-6-13(11)9-12/h3-4,7-8,10,12H,5-6,9H2,1-2H3. The molecule has 0 saturated carbocycles. The maximum Gasteiger partial charge on any atom is -0.00978 e. The van der Waals surface area contributed by atoms with Crippen LogP contribution in [0.5, 0.6) is 0 Å². The molecule has 0 heterocycles. The predicted molar refractivity (Wildman–Crippen MR) is 57.5 cm³/mol. The van der Waals surface area contributed by atoms with Crippen molar-refractivity contribution in [1.82, 2.24) is 0 Å². The van der Waals surface area contributed by atoms with Crippen molar-refractivity contribution in [3.05, 3.63) is 35.5 Å². The van der Waals surface area contributed by atoms with Crippen molar-refractivity contribution in [1.29, 1.82) is 0 Å². The highest BCUT2D eigenvalue weighted by atomic mass is 14.2. The second kappa shape index (κ2) is 3.53. The summed E-state index contributed by atoms with van der Waals surface area (Å²) in [7, 11) is 0. The lowest BCUT2D eigenvalue weighted by Gasteiger charge is -2.26. The van der Waals surface area contributed by atoms with Gasteiger partial charge in [0.1, 0.15) is 0 Å². The number of allylic oxidation sites excluding steroid dienone is 6. The van der Waals surface area contributed by atoms with E-state index < -0.39 is 0 Å². The fraction of sp³-hybridized carbons (Fsp3) is 0.538. The van der Waals surface area contributed by atoms with Crippen molar-refractivity contribution < 1.29 is 0 Å². The summed E-state index contributed by atoms with van der Waals surface area (Å²) in [6.45, 7) is 4.64. The minimum Gasteiger partial charge on any atom is -0.0841 e. The van der Waals surface area contributed by atoms with Crippen LogP contribution in [0.1, 0.15) is 33.1 Å². The Kier molecular flexibility index (Phi) is 2.39. The Labute approximate surface area is 81.0 Å². The van der Waals surface area contributed by atoms with E-state index in [9.17, 15) is 0 Å². The van der Waals surface area contributed by atoms with Gasteiger partial charge in [-0.05, 0) is 36.7 Å². The molecule has 0 saturated heterocycles. The summed E-state index contributed by atoms with van der Waals surface area (Å²) >= 11 is 0. The molecule has 0 bridgehead atoms. The molecule has 0 aromatic heterocycles. The number of hydrogen-bond acceptors (Lipinski definition) is 0. The molecular weight excluding hydrogens is 156 g/mol. The van der Waals surface area contributed by atoms with Gasteiger partial charge in [-0.1, -0.05) is 43.7 Å².